The number of halogens is 1. The lowest BCUT2D eigenvalue weighted by atomic mass is 10.1. The van der Waals surface area contributed by atoms with Crippen molar-refractivity contribution in [3.05, 3.63) is 64.1 Å². The summed E-state index contributed by atoms with van der Waals surface area (Å²) >= 11 is 3.40. The van der Waals surface area contributed by atoms with Crippen LogP contribution >= 0.6 is 15.9 Å². The molecule has 0 heterocycles. The van der Waals surface area contributed by atoms with Gasteiger partial charge in [-0.15, -0.1) is 0 Å². The molecule has 0 spiro atoms. The number of rotatable bonds is 11. The van der Waals surface area contributed by atoms with Gasteiger partial charge in [0.25, 0.3) is 0 Å². The van der Waals surface area contributed by atoms with Crippen LogP contribution in [0, 0.1) is 6.92 Å². The van der Waals surface area contributed by atoms with Gasteiger partial charge in [0.1, 0.15) is 6.04 Å². The third-order valence-electron chi connectivity index (χ3n) is 5.32. The summed E-state index contributed by atoms with van der Waals surface area (Å²) in [5, 5.41) is 2.77. The SMILES string of the molecule is CCNC(=O)[C@@H](C)N(Cc1ccc(Br)cc1)C(=O)CCCN(c1ccccc1C)S(C)(=O)=O. The molecule has 180 valence electrons. The van der Waals surface area contributed by atoms with Crippen molar-refractivity contribution in [2.24, 2.45) is 0 Å². The lowest BCUT2D eigenvalue weighted by Crippen LogP contribution is -2.47. The van der Waals surface area contributed by atoms with Crippen molar-refractivity contribution in [3.63, 3.8) is 0 Å². The number of likely N-dealkylation sites (N-methyl/N-ethyl adjacent to an activating group) is 1. The van der Waals surface area contributed by atoms with Crippen LogP contribution in [0.25, 0.3) is 0 Å². The van der Waals surface area contributed by atoms with Crippen molar-refractivity contribution in [1.82, 2.24) is 10.2 Å². The summed E-state index contributed by atoms with van der Waals surface area (Å²) in [6.45, 7) is 6.33. The summed E-state index contributed by atoms with van der Waals surface area (Å²) in [6.07, 6.45) is 1.62. The van der Waals surface area contributed by atoms with Gasteiger partial charge in [0.2, 0.25) is 21.8 Å². The molecule has 0 unspecified atom stereocenters. The number of amides is 2. The van der Waals surface area contributed by atoms with Gasteiger partial charge in [0.05, 0.1) is 11.9 Å². The molecule has 0 saturated heterocycles. The number of anilines is 1. The normalized spacial score (nSPS) is 12.2. The highest BCUT2D eigenvalue weighted by Gasteiger charge is 2.26. The summed E-state index contributed by atoms with van der Waals surface area (Å²) in [6, 6.07) is 14.2. The van der Waals surface area contributed by atoms with Gasteiger partial charge in [0, 0.05) is 30.5 Å². The third-order valence-corrected chi connectivity index (χ3v) is 7.03. The molecule has 0 aliphatic carbocycles. The fourth-order valence-electron chi connectivity index (χ4n) is 3.52. The molecule has 0 bridgehead atoms. The van der Waals surface area contributed by atoms with E-state index in [9.17, 15) is 18.0 Å². The van der Waals surface area contributed by atoms with Gasteiger partial charge in [-0.2, -0.15) is 0 Å². The smallest absolute Gasteiger partial charge is 0.242 e. The van der Waals surface area contributed by atoms with Crippen LogP contribution in [0.5, 0.6) is 0 Å². The number of nitrogens with zero attached hydrogens (tertiary/aromatic N) is 2. The molecule has 1 N–H and O–H groups in total. The average molecular weight is 539 g/mol. The summed E-state index contributed by atoms with van der Waals surface area (Å²) in [4.78, 5) is 27.2. The van der Waals surface area contributed by atoms with E-state index in [4.69, 9.17) is 0 Å². The number of hydrogen-bond acceptors (Lipinski definition) is 4. The number of carbonyl (C=O) groups is 2. The van der Waals surface area contributed by atoms with E-state index in [-0.39, 0.29) is 31.3 Å². The maximum absolute atomic E-state index is 13.2. The van der Waals surface area contributed by atoms with Crippen LogP contribution in [0.1, 0.15) is 37.8 Å². The molecule has 0 saturated carbocycles. The Hall–Kier alpha value is -2.39. The van der Waals surface area contributed by atoms with Crippen molar-refractivity contribution in [3.8, 4) is 0 Å². The number of sulfonamides is 1. The molecule has 2 amide bonds. The zero-order chi connectivity index (χ0) is 24.6. The maximum atomic E-state index is 13.2. The number of benzene rings is 2. The first-order chi connectivity index (χ1) is 15.5. The summed E-state index contributed by atoms with van der Waals surface area (Å²) in [5.41, 5.74) is 2.35. The molecule has 2 rings (SSSR count). The molecule has 2 aromatic carbocycles. The summed E-state index contributed by atoms with van der Waals surface area (Å²) in [5.74, 6) is -0.421. The minimum Gasteiger partial charge on any atom is -0.355 e. The van der Waals surface area contributed by atoms with E-state index in [1.54, 1.807) is 24.0 Å². The molecule has 0 aliphatic heterocycles. The van der Waals surface area contributed by atoms with Crippen LogP contribution in [-0.4, -0.2) is 50.5 Å². The molecule has 1 atom stereocenters. The lowest BCUT2D eigenvalue weighted by Gasteiger charge is -2.29. The van der Waals surface area contributed by atoms with E-state index in [1.807, 2.05) is 50.2 Å². The van der Waals surface area contributed by atoms with E-state index in [1.165, 1.54) is 4.31 Å². The Bertz CT molecular complexity index is 1060. The van der Waals surface area contributed by atoms with Gasteiger partial charge in [-0.3, -0.25) is 13.9 Å². The Labute approximate surface area is 205 Å². The van der Waals surface area contributed by atoms with Crippen molar-refractivity contribution < 1.29 is 18.0 Å². The third kappa shape index (κ3) is 7.85. The van der Waals surface area contributed by atoms with Crippen molar-refractivity contribution in [1.29, 1.82) is 0 Å². The number of nitrogens with one attached hydrogen (secondary N) is 1. The predicted molar refractivity (Wildman–Crippen MR) is 135 cm³/mol. The average Bonchev–Trinajstić information content (AvgIpc) is 2.76. The molecule has 7 nitrogen and oxygen atoms in total. The Morgan fingerprint density at radius 2 is 1.73 bits per heavy atom. The monoisotopic (exact) mass is 537 g/mol. The Balaban J connectivity index is 2.15. The molecule has 0 aliphatic rings. The van der Waals surface area contributed by atoms with Gasteiger partial charge in [-0.25, -0.2) is 8.42 Å². The first-order valence-corrected chi connectivity index (χ1v) is 13.5. The van der Waals surface area contributed by atoms with Gasteiger partial charge < -0.3 is 10.2 Å². The minimum absolute atomic E-state index is 0.123. The van der Waals surface area contributed by atoms with Crippen molar-refractivity contribution in [2.45, 2.75) is 46.2 Å². The quantitative estimate of drug-likeness (QED) is 0.471. The highest BCUT2D eigenvalue weighted by Crippen LogP contribution is 2.23. The van der Waals surface area contributed by atoms with Gasteiger partial charge in [-0.05, 0) is 56.5 Å². The number of aryl methyl sites for hydroxylation is 1. The Morgan fingerprint density at radius 3 is 2.30 bits per heavy atom. The number of carbonyl (C=O) groups excluding carboxylic acids is 2. The topological polar surface area (TPSA) is 86.8 Å². The summed E-state index contributed by atoms with van der Waals surface area (Å²) in [7, 11) is -3.51. The van der Waals surface area contributed by atoms with Crippen LogP contribution in [0.4, 0.5) is 5.69 Å². The van der Waals surface area contributed by atoms with Gasteiger partial charge in [0.15, 0.2) is 0 Å². The first-order valence-electron chi connectivity index (χ1n) is 10.9. The second kappa shape index (κ2) is 12.2. The molecule has 9 heteroatoms. The van der Waals surface area contributed by atoms with Gasteiger partial charge >= 0.3 is 0 Å². The van der Waals surface area contributed by atoms with E-state index >= 15 is 0 Å². The van der Waals surface area contributed by atoms with E-state index in [2.05, 4.69) is 21.2 Å². The van der Waals surface area contributed by atoms with Crippen molar-refractivity contribution in [2.75, 3.05) is 23.7 Å². The standard InChI is InChI=1S/C24H32BrN3O4S/c1-5-26-24(30)19(3)27(17-20-12-14-21(25)15-13-20)23(29)11-8-16-28(33(4,31)32)22-10-7-6-9-18(22)2/h6-7,9-10,12-15,19H,5,8,11,16-17H2,1-4H3,(H,26,30)/t19-/m1/s1. The zero-order valence-corrected chi connectivity index (χ0v) is 21.9. The van der Waals surface area contributed by atoms with Crippen LogP contribution in [0.15, 0.2) is 53.0 Å². The van der Waals surface area contributed by atoms with Crippen LogP contribution in [-0.2, 0) is 26.2 Å². The highest BCUT2D eigenvalue weighted by atomic mass is 79.9. The summed E-state index contributed by atoms with van der Waals surface area (Å²) < 4.78 is 27.1. The second-order valence-corrected chi connectivity index (χ2v) is 10.8. The molecule has 0 radical (unpaired) electrons. The van der Waals surface area contributed by atoms with Crippen LogP contribution < -0.4 is 9.62 Å². The van der Waals surface area contributed by atoms with Crippen LogP contribution in [0.3, 0.4) is 0 Å². The van der Waals surface area contributed by atoms with E-state index in [0.29, 0.717) is 18.7 Å². The van der Waals surface area contributed by atoms with Crippen LogP contribution in [0.2, 0.25) is 0 Å². The fraction of sp³-hybridized carbons (Fsp3) is 0.417. The predicted octanol–water partition coefficient (Wildman–Crippen LogP) is 3.86. The molecule has 0 aromatic heterocycles. The highest BCUT2D eigenvalue weighted by molar-refractivity contribution is 9.10. The molecule has 2 aromatic rings. The molecule has 0 fully saturated rings. The maximum Gasteiger partial charge on any atom is 0.242 e. The number of para-hydroxylation sites is 1. The second-order valence-electron chi connectivity index (χ2n) is 7.94. The molecule has 33 heavy (non-hydrogen) atoms. The molecular weight excluding hydrogens is 506 g/mol. The number of hydrogen-bond donors (Lipinski definition) is 1. The Morgan fingerprint density at radius 1 is 1.09 bits per heavy atom. The van der Waals surface area contributed by atoms with E-state index in [0.717, 1.165) is 21.9 Å². The Kier molecular flexibility index (Phi) is 9.91. The molecular formula is C24H32BrN3O4S. The lowest BCUT2D eigenvalue weighted by molar-refractivity contribution is -0.140. The minimum atomic E-state index is -3.51. The largest absolute Gasteiger partial charge is 0.355 e. The fourth-order valence-corrected chi connectivity index (χ4v) is 4.80. The van der Waals surface area contributed by atoms with E-state index < -0.39 is 16.1 Å². The van der Waals surface area contributed by atoms with Crippen molar-refractivity contribution >= 4 is 43.5 Å². The first kappa shape index (κ1) is 26.9. The zero-order valence-electron chi connectivity index (χ0n) is 19.5. The van der Waals surface area contributed by atoms with Gasteiger partial charge in [-0.1, -0.05) is 46.3 Å².